The largest absolute Gasteiger partial charge is 0.452 e. The second-order valence-corrected chi connectivity index (χ2v) is 8.59. The van der Waals surface area contributed by atoms with E-state index in [0.717, 1.165) is 11.6 Å². The van der Waals surface area contributed by atoms with Gasteiger partial charge in [-0.15, -0.1) is 0 Å². The van der Waals surface area contributed by atoms with Crippen molar-refractivity contribution < 1.29 is 27.1 Å². The number of hydrogen-bond acceptors (Lipinski definition) is 5. The fourth-order valence-corrected chi connectivity index (χ4v) is 4.38. The van der Waals surface area contributed by atoms with Gasteiger partial charge in [-0.2, -0.15) is 4.31 Å². The van der Waals surface area contributed by atoms with Crippen molar-refractivity contribution in [3.05, 3.63) is 65.5 Å². The molecule has 0 atom stereocenters. The summed E-state index contributed by atoms with van der Waals surface area (Å²) in [6.45, 7) is 1.99. The normalized spacial score (nSPS) is 15.2. The summed E-state index contributed by atoms with van der Waals surface area (Å²) in [5.41, 5.74) is 0.721. The van der Waals surface area contributed by atoms with Crippen molar-refractivity contribution in [3.8, 4) is 0 Å². The molecular formula is C20H21FN2O5S. The molecule has 0 radical (unpaired) electrons. The molecular weight excluding hydrogens is 399 g/mol. The lowest BCUT2D eigenvalue weighted by molar-refractivity contribution is -0.135. The molecule has 0 aromatic heterocycles. The number of halogens is 1. The first kappa shape index (κ1) is 20.9. The number of ether oxygens (including phenoxy) is 1. The molecule has 29 heavy (non-hydrogen) atoms. The Bertz CT molecular complexity index is 1000. The zero-order valence-corrected chi connectivity index (χ0v) is 16.7. The lowest BCUT2D eigenvalue weighted by Gasteiger charge is -2.33. The van der Waals surface area contributed by atoms with Crippen molar-refractivity contribution in [2.45, 2.75) is 11.8 Å². The smallest absolute Gasteiger partial charge is 0.341 e. The molecule has 1 heterocycles. The average molecular weight is 420 g/mol. The Hall–Kier alpha value is -2.78. The molecule has 0 spiro atoms. The molecule has 0 saturated carbocycles. The Kier molecular flexibility index (Phi) is 6.29. The van der Waals surface area contributed by atoms with Crippen LogP contribution < -0.4 is 0 Å². The topological polar surface area (TPSA) is 84.0 Å². The third-order valence-electron chi connectivity index (χ3n) is 4.67. The van der Waals surface area contributed by atoms with Crippen LogP contribution in [0.15, 0.2) is 53.4 Å². The van der Waals surface area contributed by atoms with Crippen LogP contribution in [0.5, 0.6) is 0 Å². The van der Waals surface area contributed by atoms with Crippen LogP contribution in [0.3, 0.4) is 0 Å². The molecule has 1 saturated heterocycles. The van der Waals surface area contributed by atoms with E-state index < -0.39 is 34.3 Å². The summed E-state index contributed by atoms with van der Waals surface area (Å²) >= 11 is 0. The van der Waals surface area contributed by atoms with Gasteiger partial charge in [-0.1, -0.05) is 29.8 Å². The molecule has 1 amide bonds. The number of nitrogens with zero attached hydrogens (tertiary/aromatic N) is 2. The second kappa shape index (κ2) is 8.71. The predicted molar refractivity (Wildman–Crippen MR) is 103 cm³/mol. The van der Waals surface area contributed by atoms with Crippen molar-refractivity contribution in [2.24, 2.45) is 0 Å². The SMILES string of the molecule is Cc1ccc(S(=O)(=O)N2CCN(C(=O)COC(=O)c3ccccc3F)CC2)cc1. The van der Waals surface area contributed by atoms with E-state index in [4.69, 9.17) is 4.74 Å². The van der Waals surface area contributed by atoms with Gasteiger partial charge in [-0.3, -0.25) is 4.79 Å². The van der Waals surface area contributed by atoms with E-state index in [1.54, 1.807) is 24.3 Å². The maximum Gasteiger partial charge on any atom is 0.341 e. The minimum atomic E-state index is -3.63. The number of sulfonamides is 1. The second-order valence-electron chi connectivity index (χ2n) is 6.65. The quantitative estimate of drug-likeness (QED) is 0.689. The number of carbonyl (C=O) groups excluding carboxylic acids is 2. The number of piperazine rings is 1. The molecule has 2 aromatic carbocycles. The van der Waals surface area contributed by atoms with Gasteiger partial charge in [-0.05, 0) is 31.2 Å². The average Bonchev–Trinajstić information content (AvgIpc) is 2.72. The van der Waals surface area contributed by atoms with Crippen LogP contribution in [-0.4, -0.2) is 62.3 Å². The molecule has 7 nitrogen and oxygen atoms in total. The maximum atomic E-state index is 13.6. The first-order valence-electron chi connectivity index (χ1n) is 9.05. The summed E-state index contributed by atoms with van der Waals surface area (Å²) in [7, 11) is -3.63. The zero-order chi connectivity index (χ0) is 21.0. The molecule has 0 aliphatic carbocycles. The first-order chi connectivity index (χ1) is 13.8. The van der Waals surface area contributed by atoms with Gasteiger partial charge in [0.2, 0.25) is 10.0 Å². The van der Waals surface area contributed by atoms with Gasteiger partial charge >= 0.3 is 5.97 Å². The van der Waals surface area contributed by atoms with Crippen LogP contribution in [0.25, 0.3) is 0 Å². The number of aryl methyl sites for hydroxylation is 1. The van der Waals surface area contributed by atoms with Crippen molar-refractivity contribution in [1.29, 1.82) is 0 Å². The van der Waals surface area contributed by atoms with Gasteiger partial charge in [0.25, 0.3) is 5.91 Å². The molecule has 0 unspecified atom stereocenters. The summed E-state index contributed by atoms with van der Waals surface area (Å²) in [6, 6.07) is 11.9. The number of carbonyl (C=O) groups is 2. The fourth-order valence-electron chi connectivity index (χ4n) is 2.96. The van der Waals surface area contributed by atoms with Crippen LogP contribution in [0.2, 0.25) is 0 Å². The third kappa shape index (κ3) is 4.80. The highest BCUT2D eigenvalue weighted by Crippen LogP contribution is 2.18. The molecule has 154 valence electrons. The monoisotopic (exact) mass is 420 g/mol. The van der Waals surface area contributed by atoms with E-state index in [-0.39, 0.29) is 36.6 Å². The summed E-state index contributed by atoms with van der Waals surface area (Å²) in [5, 5.41) is 0. The molecule has 3 rings (SSSR count). The molecule has 1 aliphatic rings. The van der Waals surface area contributed by atoms with Crippen LogP contribution in [0.1, 0.15) is 15.9 Å². The Balaban J connectivity index is 1.53. The highest BCUT2D eigenvalue weighted by Gasteiger charge is 2.30. The Morgan fingerprint density at radius 3 is 2.24 bits per heavy atom. The summed E-state index contributed by atoms with van der Waals surface area (Å²) in [6.07, 6.45) is 0. The van der Waals surface area contributed by atoms with E-state index in [0.29, 0.717) is 0 Å². The Morgan fingerprint density at radius 1 is 1.00 bits per heavy atom. The number of amides is 1. The molecule has 2 aromatic rings. The Morgan fingerprint density at radius 2 is 1.62 bits per heavy atom. The molecule has 0 N–H and O–H groups in total. The molecule has 1 fully saturated rings. The van der Waals surface area contributed by atoms with Crippen molar-refractivity contribution in [2.75, 3.05) is 32.8 Å². The van der Waals surface area contributed by atoms with Gasteiger partial charge in [0.1, 0.15) is 5.82 Å². The highest BCUT2D eigenvalue weighted by atomic mass is 32.2. The minimum Gasteiger partial charge on any atom is -0.452 e. The third-order valence-corrected chi connectivity index (χ3v) is 6.58. The van der Waals surface area contributed by atoms with Crippen LogP contribution in [0, 0.1) is 12.7 Å². The zero-order valence-electron chi connectivity index (χ0n) is 15.9. The van der Waals surface area contributed by atoms with Gasteiger partial charge < -0.3 is 9.64 Å². The highest BCUT2D eigenvalue weighted by molar-refractivity contribution is 7.89. The molecule has 0 bridgehead atoms. The van der Waals surface area contributed by atoms with Crippen molar-refractivity contribution in [3.63, 3.8) is 0 Å². The summed E-state index contributed by atoms with van der Waals surface area (Å²) in [5.74, 6) is -2.10. The number of esters is 1. The van der Waals surface area contributed by atoms with E-state index in [9.17, 15) is 22.4 Å². The van der Waals surface area contributed by atoms with E-state index in [1.165, 1.54) is 27.4 Å². The van der Waals surface area contributed by atoms with Crippen LogP contribution in [-0.2, 0) is 19.6 Å². The summed E-state index contributed by atoms with van der Waals surface area (Å²) in [4.78, 5) is 25.8. The van der Waals surface area contributed by atoms with Gasteiger partial charge in [-0.25, -0.2) is 17.6 Å². The maximum absolute atomic E-state index is 13.6. The van der Waals surface area contributed by atoms with Crippen molar-refractivity contribution >= 4 is 21.9 Å². The van der Waals surface area contributed by atoms with Crippen LogP contribution >= 0.6 is 0 Å². The van der Waals surface area contributed by atoms with Crippen LogP contribution in [0.4, 0.5) is 4.39 Å². The standard InChI is InChI=1S/C20H21FN2O5S/c1-15-6-8-16(9-7-15)29(26,27)23-12-10-22(11-13-23)19(24)14-28-20(25)17-4-2-3-5-18(17)21/h2-9H,10-14H2,1H3. The van der Waals surface area contributed by atoms with E-state index >= 15 is 0 Å². The molecule has 9 heteroatoms. The molecule has 1 aliphatic heterocycles. The Labute approximate surface area is 168 Å². The van der Waals surface area contributed by atoms with E-state index in [1.807, 2.05) is 6.92 Å². The summed E-state index contributed by atoms with van der Waals surface area (Å²) < 4.78 is 45.2. The fraction of sp³-hybridized carbons (Fsp3) is 0.300. The number of rotatable bonds is 5. The lowest BCUT2D eigenvalue weighted by Crippen LogP contribution is -2.51. The first-order valence-corrected chi connectivity index (χ1v) is 10.5. The minimum absolute atomic E-state index is 0.142. The van der Waals surface area contributed by atoms with Gasteiger partial charge in [0.05, 0.1) is 10.5 Å². The van der Waals surface area contributed by atoms with Gasteiger partial charge in [0.15, 0.2) is 6.61 Å². The number of benzene rings is 2. The van der Waals surface area contributed by atoms with Gasteiger partial charge in [0, 0.05) is 26.2 Å². The number of hydrogen-bond donors (Lipinski definition) is 0. The lowest BCUT2D eigenvalue weighted by atomic mass is 10.2. The predicted octanol–water partition coefficient (Wildman–Crippen LogP) is 1.82. The van der Waals surface area contributed by atoms with E-state index in [2.05, 4.69) is 0 Å². The van der Waals surface area contributed by atoms with Crippen molar-refractivity contribution in [1.82, 2.24) is 9.21 Å².